The van der Waals surface area contributed by atoms with E-state index in [-0.39, 0.29) is 5.91 Å². The molecule has 5 nitrogen and oxygen atoms in total. The molecule has 0 spiro atoms. The van der Waals surface area contributed by atoms with Crippen LogP contribution in [0.5, 0.6) is 0 Å². The quantitative estimate of drug-likeness (QED) is 0.758. The second-order valence-corrected chi connectivity index (χ2v) is 6.82. The minimum absolute atomic E-state index is 0.216. The van der Waals surface area contributed by atoms with Gasteiger partial charge in [0.1, 0.15) is 0 Å². The Kier molecular flexibility index (Phi) is 6.02. The largest absolute Gasteiger partial charge is 0.340 e. The molecule has 0 aromatic heterocycles. The molecule has 2 fully saturated rings. The van der Waals surface area contributed by atoms with Crippen molar-refractivity contribution in [2.24, 2.45) is 0 Å². The molecule has 0 N–H and O–H groups in total. The van der Waals surface area contributed by atoms with Crippen molar-refractivity contribution in [3.8, 4) is 0 Å². The fourth-order valence-electron chi connectivity index (χ4n) is 3.38. The van der Waals surface area contributed by atoms with E-state index in [0.717, 1.165) is 39.3 Å². The van der Waals surface area contributed by atoms with Gasteiger partial charge in [-0.15, -0.1) is 0 Å². The summed E-state index contributed by atoms with van der Waals surface area (Å²) in [4.78, 5) is 21.0. The number of amides is 1. The maximum absolute atomic E-state index is 11.3. The molecule has 122 valence electrons. The highest BCUT2D eigenvalue weighted by molar-refractivity contribution is 5.73. The summed E-state index contributed by atoms with van der Waals surface area (Å²) >= 11 is 0. The van der Waals surface area contributed by atoms with Gasteiger partial charge in [-0.3, -0.25) is 19.5 Å². The molecule has 0 aromatic rings. The topological polar surface area (TPSA) is 30.0 Å². The van der Waals surface area contributed by atoms with Crippen LogP contribution in [0.25, 0.3) is 0 Å². The molecule has 1 amide bonds. The lowest BCUT2D eigenvalue weighted by molar-refractivity contribution is -0.130. The van der Waals surface area contributed by atoms with Crippen LogP contribution in [0.4, 0.5) is 0 Å². The lowest BCUT2D eigenvalue weighted by Gasteiger charge is -2.43. The van der Waals surface area contributed by atoms with Crippen LogP contribution in [0.2, 0.25) is 0 Å². The Hall–Kier alpha value is -0.650. The summed E-state index contributed by atoms with van der Waals surface area (Å²) in [5.74, 6) is 0.216. The van der Waals surface area contributed by atoms with E-state index in [0.29, 0.717) is 12.1 Å². The Labute approximate surface area is 129 Å². The predicted octanol–water partition coefficient (Wildman–Crippen LogP) is 0.565. The van der Waals surface area contributed by atoms with Crippen molar-refractivity contribution in [2.75, 3.05) is 58.9 Å². The first kappa shape index (κ1) is 16.7. The minimum Gasteiger partial charge on any atom is -0.340 e. The zero-order valence-electron chi connectivity index (χ0n) is 14.2. The van der Waals surface area contributed by atoms with E-state index in [4.69, 9.17) is 0 Å². The molecule has 2 rings (SSSR count). The van der Waals surface area contributed by atoms with E-state index in [1.54, 1.807) is 6.92 Å². The smallest absolute Gasteiger partial charge is 0.219 e. The third kappa shape index (κ3) is 4.66. The maximum atomic E-state index is 11.3. The van der Waals surface area contributed by atoms with Gasteiger partial charge >= 0.3 is 0 Å². The molecule has 0 aromatic carbocycles. The number of carbonyl (C=O) groups is 1. The van der Waals surface area contributed by atoms with Crippen molar-refractivity contribution in [1.29, 1.82) is 0 Å². The molecule has 2 aliphatic rings. The number of piperazine rings is 2. The molecule has 2 heterocycles. The van der Waals surface area contributed by atoms with Crippen molar-refractivity contribution < 1.29 is 4.79 Å². The molecule has 21 heavy (non-hydrogen) atoms. The lowest BCUT2D eigenvalue weighted by Crippen LogP contribution is -2.56. The summed E-state index contributed by atoms with van der Waals surface area (Å²) in [5.41, 5.74) is 0. The summed E-state index contributed by atoms with van der Waals surface area (Å²) in [5, 5.41) is 0. The number of nitrogens with zero attached hydrogens (tertiary/aromatic N) is 4. The second-order valence-electron chi connectivity index (χ2n) is 6.82. The normalized spacial score (nSPS) is 26.5. The number of rotatable bonds is 4. The van der Waals surface area contributed by atoms with Crippen LogP contribution < -0.4 is 0 Å². The van der Waals surface area contributed by atoms with Gasteiger partial charge in [0.2, 0.25) is 5.91 Å². The summed E-state index contributed by atoms with van der Waals surface area (Å²) in [6, 6.07) is 1.31. The predicted molar refractivity (Wildman–Crippen MR) is 86.4 cm³/mol. The fourth-order valence-corrected chi connectivity index (χ4v) is 3.38. The highest BCUT2D eigenvalue weighted by Gasteiger charge is 2.25. The average Bonchev–Trinajstić information content (AvgIpc) is 2.46. The van der Waals surface area contributed by atoms with Crippen LogP contribution in [-0.2, 0) is 4.79 Å². The van der Waals surface area contributed by atoms with E-state index in [1.807, 2.05) is 4.90 Å². The highest BCUT2D eigenvalue weighted by Crippen LogP contribution is 2.12. The molecule has 1 atom stereocenters. The third-order valence-electron chi connectivity index (χ3n) is 5.05. The molecular formula is C16H32N4O. The number of carbonyl (C=O) groups excluding carboxylic acids is 1. The van der Waals surface area contributed by atoms with Crippen LogP contribution in [0, 0.1) is 0 Å². The van der Waals surface area contributed by atoms with Crippen molar-refractivity contribution in [1.82, 2.24) is 19.6 Å². The average molecular weight is 296 g/mol. The molecule has 0 aliphatic carbocycles. The second kappa shape index (κ2) is 7.56. The van der Waals surface area contributed by atoms with E-state index >= 15 is 0 Å². The van der Waals surface area contributed by atoms with Gasteiger partial charge in [0.25, 0.3) is 0 Å². The van der Waals surface area contributed by atoms with E-state index < -0.39 is 0 Å². The Morgan fingerprint density at radius 2 is 1.71 bits per heavy atom. The highest BCUT2D eigenvalue weighted by atomic mass is 16.2. The first-order valence-electron chi connectivity index (χ1n) is 8.43. The Morgan fingerprint density at radius 3 is 2.24 bits per heavy atom. The van der Waals surface area contributed by atoms with Gasteiger partial charge in [-0.2, -0.15) is 0 Å². The van der Waals surface area contributed by atoms with Gasteiger partial charge in [0.05, 0.1) is 0 Å². The molecule has 5 heteroatoms. The van der Waals surface area contributed by atoms with Crippen molar-refractivity contribution in [2.45, 2.75) is 39.8 Å². The minimum atomic E-state index is 0.216. The summed E-state index contributed by atoms with van der Waals surface area (Å²) in [6.45, 7) is 18.3. The van der Waals surface area contributed by atoms with Gasteiger partial charge < -0.3 is 4.90 Å². The lowest BCUT2D eigenvalue weighted by atomic mass is 10.1. The molecule has 2 saturated heterocycles. The van der Waals surface area contributed by atoms with Crippen LogP contribution in [0.15, 0.2) is 0 Å². The van der Waals surface area contributed by atoms with Crippen LogP contribution in [-0.4, -0.2) is 96.5 Å². The molecule has 2 aliphatic heterocycles. The monoisotopic (exact) mass is 296 g/mol. The summed E-state index contributed by atoms with van der Waals surface area (Å²) in [6.07, 6.45) is 0. The summed E-state index contributed by atoms with van der Waals surface area (Å²) < 4.78 is 0. The van der Waals surface area contributed by atoms with Gasteiger partial charge in [-0.25, -0.2) is 0 Å². The standard InChI is InChI=1S/C16H32N4O/c1-14(2)20-12-11-18(15(3)13-20)8-5-17-6-9-19(10-7-17)16(4)21/h14-15H,5-13H2,1-4H3/t15-/m0/s1. The van der Waals surface area contributed by atoms with Gasteiger partial charge in [-0.1, -0.05) is 0 Å². The number of hydrogen-bond donors (Lipinski definition) is 0. The Bertz CT molecular complexity index is 339. The Morgan fingerprint density at radius 1 is 1.05 bits per heavy atom. The first-order chi connectivity index (χ1) is 9.97. The van der Waals surface area contributed by atoms with Crippen molar-refractivity contribution in [3.05, 3.63) is 0 Å². The SMILES string of the molecule is CC(=O)N1CCN(CCN2CCN(C(C)C)C[C@@H]2C)CC1. The van der Waals surface area contributed by atoms with Crippen molar-refractivity contribution in [3.63, 3.8) is 0 Å². The van der Waals surface area contributed by atoms with E-state index in [2.05, 4.69) is 35.5 Å². The van der Waals surface area contributed by atoms with Crippen molar-refractivity contribution >= 4 is 5.91 Å². The van der Waals surface area contributed by atoms with Crippen LogP contribution in [0.3, 0.4) is 0 Å². The van der Waals surface area contributed by atoms with Gasteiger partial charge in [0.15, 0.2) is 0 Å². The molecule has 0 saturated carbocycles. The third-order valence-corrected chi connectivity index (χ3v) is 5.05. The maximum Gasteiger partial charge on any atom is 0.219 e. The Balaban J connectivity index is 1.69. The summed E-state index contributed by atoms with van der Waals surface area (Å²) in [7, 11) is 0. The van der Waals surface area contributed by atoms with E-state index in [9.17, 15) is 4.79 Å². The van der Waals surface area contributed by atoms with Crippen LogP contribution >= 0.6 is 0 Å². The molecular weight excluding hydrogens is 264 g/mol. The first-order valence-corrected chi connectivity index (χ1v) is 8.43. The molecule has 0 unspecified atom stereocenters. The van der Waals surface area contributed by atoms with Crippen LogP contribution in [0.1, 0.15) is 27.7 Å². The fraction of sp³-hybridized carbons (Fsp3) is 0.938. The molecule has 0 bridgehead atoms. The zero-order chi connectivity index (χ0) is 15.4. The van der Waals surface area contributed by atoms with E-state index in [1.165, 1.54) is 19.6 Å². The zero-order valence-corrected chi connectivity index (χ0v) is 14.2. The number of hydrogen-bond acceptors (Lipinski definition) is 4. The molecule has 0 radical (unpaired) electrons. The van der Waals surface area contributed by atoms with Gasteiger partial charge in [0, 0.05) is 77.9 Å². The van der Waals surface area contributed by atoms with Gasteiger partial charge in [-0.05, 0) is 20.8 Å².